The Morgan fingerprint density at radius 2 is 2.00 bits per heavy atom. The van der Waals surface area contributed by atoms with E-state index in [2.05, 4.69) is 13.8 Å². The molecule has 1 fully saturated rings. The van der Waals surface area contributed by atoms with Gasteiger partial charge in [0.05, 0.1) is 5.54 Å². The van der Waals surface area contributed by atoms with E-state index in [4.69, 9.17) is 10.5 Å². The number of rotatable bonds is 4. The number of hydrogen-bond donors (Lipinski definition) is 1. The quantitative estimate of drug-likeness (QED) is 0.781. The van der Waals surface area contributed by atoms with Gasteiger partial charge in [-0.25, -0.2) is 0 Å². The summed E-state index contributed by atoms with van der Waals surface area (Å²) >= 11 is 0. The maximum atomic E-state index is 12.2. The molecule has 0 unspecified atom stereocenters. The van der Waals surface area contributed by atoms with Gasteiger partial charge >= 0.3 is 0 Å². The normalized spacial score (nSPS) is 19.8. The molecule has 16 heavy (non-hydrogen) atoms. The molecule has 0 aromatic carbocycles. The summed E-state index contributed by atoms with van der Waals surface area (Å²) in [6.07, 6.45) is 2.30. The highest BCUT2D eigenvalue weighted by atomic mass is 16.5. The van der Waals surface area contributed by atoms with E-state index in [0.29, 0.717) is 32.0 Å². The van der Waals surface area contributed by atoms with Crippen molar-refractivity contribution in [1.29, 1.82) is 0 Å². The summed E-state index contributed by atoms with van der Waals surface area (Å²) in [6.45, 7) is 6.30. The number of nitrogens with two attached hydrogens (primary N) is 1. The van der Waals surface area contributed by atoms with E-state index >= 15 is 0 Å². The summed E-state index contributed by atoms with van der Waals surface area (Å²) in [6, 6.07) is 0. The van der Waals surface area contributed by atoms with Crippen LogP contribution in [0.15, 0.2) is 0 Å². The van der Waals surface area contributed by atoms with Crippen molar-refractivity contribution in [3.63, 3.8) is 0 Å². The van der Waals surface area contributed by atoms with E-state index < -0.39 is 5.54 Å². The largest absolute Gasteiger partial charge is 0.381 e. The molecule has 4 heteroatoms. The predicted octanol–water partition coefficient (Wildman–Crippen LogP) is 0.999. The molecule has 0 radical (unpaired) electrons. The number of nitrogens with zero attached hydrogens (tertiary/aromatic N) is 1. The number of ether oxygens (including phenoxy) is 1. The van der Waals surface area contributed by atoms with Crippen LogP contribution in [0, 0.1) is 5.92 Å². The first-order valence-electron chi connectivity index (χ1n) is 6.08. The molecule has 2 N–H and O–H groups in total. The van der Waals surface area contributed by atoms with Gasteiger partial charge in [-0.1, -0.05) is 13.8 Å². The SMILES string of the molecule is CC(C)CCN(C)C(=O)C1(N)CCOCC1. The molecule has 0 aromatic rings. The molecule has 1 saturated heterocycles. The second-order valence-electron chi connectivity index (χ2n) is 5.18. The smallest absolute Gasteiger partial charge is 0.242 e. The summed E-state index contributed by atoms with van der Waals surface area (Å²) < 4.78 is 5.24. The average Bonchev–Trinajstić information content (AvgIpc) is 2.25. The summed E-state index contributed by atoms with van der Waals surface area (Å²) in [4.78, 5) is 13.9. The minimum atomic E-state index is -0.690. The third-order valence-electron chi connectivity index (χ3n) is 3.20. The van der Waals surface area contributed by atoms with Gasteiger partial charge in [-0.15, -0.1) is 0 Å². The Hall–Kier alpha value is -0.610. The van der Waals surface area contributed by atoms with Crippen LogP contribution in [0.4, 0.5) is 0 Å². The zero-order chi connectivity index (χ0) is 12.2. The van der Waals surface area contributed by atoms with Crippen molar-refractivity contribution in [2.45, 2.75) is 38.6 Å². The first kappa shape index (κ1) is 13.5. The number of likely N-dealkylation sites (N-methyl/N-ethyl adjacent to an activating group) is 1. The van der Waals surface area contributed by atoms with Crippen LogP contribution in [-0.2, 0) is 9.53 Å². The summed E-state index contributed by atoms with van der Waals surface area (Å²) in [5, 5.41) is 0. The van der Waals surface area contributed by atoms with Gasteiger partial charge in [0.1, 0.15) is 0 Å². The van der Waals surface area contributed by atoms with Crippen molar-refractivity contribution in [3.8, 4) is 0 Å². The van der Waals surface area contributed by atoms with E-state index in [-0.39, 0.29) is 5.91 Å². The molecule has 4 nitrogen and oxygen atoms in total. The van der Waals surface area contributed by atoms with Crippen LogP contribution >= 0.6 is 0 Å². The van der Waals surface area contributed by atoms with Crippen LogP contribution < -0.4 is 5.73 Å². The van der Waals surface area contributed by atoms with E-state index in [1.807, 2.05) is 7.05 Å². The highest BCUT2D eigenvalue weighted by Gasteiger charge is 2.37. The van der Waals surface area contributed by atoms with Gasteiger partial charge in [0.2, 0.25) is 5.91 Å². The summed E-state index contributed by atoms with van der Waals surface area (Å²) in [5.41, 5.74) is 5.45. The molecule has 1 aliphatic heterocycles. The first-order valence-corrected chi connectivity index (χ1v) is 6.08. The molecule has 0 bridgehead atoms. The Morgan fingerprint density at radius 1 is 1.44 bits per heavy atom. The maximum absolute atomic E-state index is 12.2. The predicted molar refractivity (Wildman–Crippen MR) is 64.1 cm³/mol. The second kappa shape index (κ2) is 5.64. The number of carbonyl (C=O) groups is 1. The maximum Gasteiger partial charge on any atom is 0.242 e. The van der Waals surface area contributed by atoms with Crippen molar-refractivity contribution < 1.29 is 9.53 Å². The Morgan fingerprint density at radius 3 is 2.50 bits per heavy atom. The van der Waals surface area contributed by atoms with Crippen LogP contribution in [0.3, 0.4) is 0 Å². The van der Waals surface area contributed by atoms with Gasteiger partial charge < -0.3 is 15.4 Å². The van der Waals surface area contributed by atoms with Crippen LogP contribution in [-0.4, -0.2) is 43.2 Å². The van der Waals surface area contributed by atoms with Gasteiger partial charge in [-0.05, 0) is 25.2 Å². The average molecular weight is 228 g/mol. The lowest BCUT2D eigenvalue weighted by Gasteiger charge is -2.35. The molecule has 0 aromatic heterocycles. The zero-order valence-corrected chi connectivity index (χ0v) is 10.7. The summed E-state index contributed by atoms with van der Waals surface area (Å²) in [7, 11) is 1.84. The van der Waals surface area contributed by atoms with Crippen LogP contribution in [0.5, 0.6) is 0 Å². The van der Waals surface area contributed by atoms with Crippen LogP contribution in [0.25, 0.3) is 0 Å². The van der Waals surface area contributed by atoms with Gasteiger partial charge in [0, 0.05) is 26.8 Å². The van der Waals surface area contributed by atoms with Gasteiger partial charge in [-0.3, -0.25) is 4.79 Å². The van der Waals surface area contributed by atoms with Crippen LogP contribution in [0.1, 0.15) is 33.1 Å². The molecule has 0 spiro atoms. The fraction of sp³-hybridized carbons (Fsp3) is 0.917. The van der Waals surface area contributed by atoms with E-state index in [1.165, 1.54) is 0 Å². The van der Waals surface area contributed by atoms with Gasteiger partial charge in [0.25, 0.3) is 0 Å². The van der Waals surface area contributed by atoms with Crippen molar-refractivity contribution >= 4 is 5.91 Å². The van der Waals surface area contributed by atoms with Crippen molar-refractivity contribution in [2.24, 2.45) is 11.7 Å². The molecule has 1 amide bonds. The molecule has 1 heterocycles. The molecular weight excluding hydrogens is 204 g/mol. The topological polar surface area (TPSA) is 55.6 Å². The van der Waals surface area contributed by atoms with E-state index in [0.717, 1.165) is 13.0 Å². The Kier molecular flexibility index (Phi) is 4.74. The second-order valence-corrected chi connectivity index (χ2v) is 5.18. The number of hydrogen-bond acceptors (Lipinski definition) is 3. The highest BCUT2D eigenvalue weighted by Crippen LogP contribution is 2.20. The van der Waals surface area contributed by atoms with E-state index in [1.54, 1.807) is 4.90 Å². The molecule has 1 aliphatic rings. The molecular formula is C12H24N2O2. The highest BCUT2D eigenvalue weighted by molar-refractivity contribution is 5.86. The first-order chi connectivity index (χ1) is 7.46. The van der Waals surface area contributed by atoms with Crippen molar-refractivity contribution in [3.05, 3.63) is 0 Å². The van der Waals surface area contributed by atoms with Gasteiger partial charge in [-0.2, -0.15) is 0 Å². The standard InChI is InChI=1S/C12H24N2O2/c1-10(2)4-7-14(3)11(15)12(13)5-8-16-9-6-12/h10H,4-9,13H2,1-3H3. The fourth-order valence-electron chi connectivity index (χ4n) is 1.88. The fourth-order valence-corrected chi connectivity index (χ4v) is 1.88. The monoisotopic (exact) mass is 228 g/mol. The minimum absolute atomic E-state index is 0.0662. The Bertz CT molecular complexity index is 235. The Labute approximate surface area is 98.1 Å². The van der Waals surface area contributed by atoms with Crippen LogP contribution in [0.2, 0.25) is 0 Å². The lowest BCUT2D eigenvalue weighted by atomic mass is 9.89. The van der Waals surface area contributed by atoms with Crippen molar-refractivity contribution in [1.82, 2.24) is 4.90 Å². The molecule has 0 aliphatic carbocycles. The lowest BCUT2D eigenvalue weighted by Crippen LogP contribution is -2.57. The number of carbonyl (C=O) groups excluding carboxylic acids is 1. The summed E-state index contributed by atoms with van der Waals surface area (Å²) in [5.74, 6) is 0.676. The third-order valence-corrected chi connectivity index (χ3v) is 3.20. The molecule has 0 saturated carbocycles. The Balaban J connectivity index is 2.48. The van der Waals surface area contributed by atoms with Crippen molar-refractivity contribution in [2.75, 3.05) is 26.8 Å². The molecule has 94 valence electrons. The number of amides is 1. The lowest BCUT2D eigenvalue weighted by molar-refractivity contribution is -0.139. The molecule has 0 atom stereocenters. The zero-order valence-electron chi connectivity index (χ0n) is 10.7. The molecule has 1 rings (SSSR count). The minimum Gasteiger partial charge on any atom is -0.381 e. The van der Waals surface area contributed by atoms with E-state index in [9.17, 15) is 4.79 Å². The van der Waals surface area contributed by atoms with Gasteiger partial charge in [0.15, 0.2) is 0 Å². The third kappa shape index (κ3) is 3.46.